The summed E-state index contributed by atoms with van der Waals surface area (Å²) in [7, 11) is -3.21. The minimum absolute atomic E-state index is 0.0401. The quantitative estimate of drug-likeness (QED) is 0.522. The highest BCUT2D eigenvalue weighted by Gasteiger charge is 2.32. The number of halogens is 1. The molecule has 1 atom stereocenters. The minimum Gasteiger partial charge on any atom is -0.369 e. The molecule has 2 N–H and O–H groups in total. The fraction of sp³-hybridized carbons (Fsp3) is 0.577. The molecule has 1 aromatic heterocycles. The summed E-state index contributed by atoms with van der Waals surface area (Å²) in [5.41, 5.74) is 3.44. The van der Waals surface area contributed by atoms with Crippen molar-refractivity contribution in [3.63, 3.8) is 0 Å². The molecule has 2 saturated heterocycles. The fourth-order valence-corrected chi connectivity index (χ4v) is 6.27. The van der Waals surface area contributed by atoms with Crippen LogP contribution in [0, 0.1) is 13.8 Å². The second-order valence-electron chi connectivity index (χ2n) is 10.2. The summed E-state index contributed by atoms with van der Waals surface area (Å²) in [5.74, 6) is 0.613. The molecule has 0 bridgehead atoms. The van der Waals surface area contributed by atoms with E-state index in [2.05, 4.69) is 31.0 Å². The molecule has 1 aromatic carbocycles. The molecule has 2 fully saturated rings. The number of nitrogens with one attached hydrogen (secondary N) is 2. The molecule has 11 heteroatoms. The molecule has 0 radical (unpaired) electrons. The van der Waals surface area contributed by atoms with E-state index >= 15 is 0 Å². The van der Waals surface area contributed by atoms with Crippen LogP contribution in [0.15, 0.2) is 24.5 Å². The summed E-state index contributed by atoms with van der Waals surface area (Å²) in [6, 6.07) is 6.34. The molecule has 3 heterocycles. The summed E-state index contributed by atoms with van der Waals surface area (Å²) in [6.07, 6.45) is 7.05. The van der Waals surface area contributed by atoms with Crippen molar-refractivity contribution in [2.45, 2.75) is 58.0 Å². The highest BCUT2D eigenvalue weighted by atomic mass is 35.5. The molecule has 0 spiro atoms. The van der Waals surface area contributed by atoms with E-state index in [1.807, 2.05) is 30.9 Å². The molecule has 0 unspecified atom stereocenters. The van der Waals surface area contributed by atoms with Gasteiger partial charge in [-0.15, -0.1) is 0 Å². The van der Waals surface area contributed by atoms with Crippen LogP contribution in [-0.4, -0.2) is 85.2 Å². The van der Waals surface area contributed by atoms with E-state index < -0.39 is 10.0 Å². The number of hydrogen-bond donors (Lipinski definition) is 2. The number of sulfonamides is 1. The van der Waals surface area contributed by atoms with Crippen molar-refractivity contribution >= 4 is 33.3 Å². The SMILES string of the molecule is Cc1cc(CCNc2ncnc(C(=O)N3CCC(N4CCC[C@H](NS(C)(=O)=O)C4)CC3)c2C)ccc1Cl. The van der Waals surface area contributed by atoms with Crippen LogP contribution in [0.5, 0.6) is 0 Å². The molecule has 37 heavy (non-hydrogen) atoms. The Labute approximate surface area is 225 Å². The number of benzene rings is 1. The average molecular weight is 549 g/mol. The highest BCUT2D eigenvalue weighted by Crippen LogP contribution is 2.24. The Morgan fingerprint density at radius 3 is 2.59 bits per heavy atom. The van der Waals surface area contributed by atoms with Gasteiger partial charge in [0.05, 0.1) is 6.26 Å². The van der Waals surface area contributed by atoms with Crippen LogP contribution in [-0.2, 0) is 16.4 Å². The molecule has 0 saturated carbocycles. The molecule has 202 valence electrons. The molecular weight excluding hydrogens is 512 g/mol. The second-order valence-corrected chi connectivity index (χ2v) is 12.4. The van der Waals surface area contributed by atoms with Gasteiger partial charge in [-0.3, -0.25) is 9.69 Å². The predicted octanol–water partition coefficient (Wildman–Crippen LogP) is 3.02. The van der Waals surface area contributed by atoms with Crippen molar-refractivity contribution in [1.82, 2.24) is 24.5 Å². The Morgan fingerprint density at radius 1 is 1.14 bits per heavy atom. The van der Waals surface area contributed by atoms with Gasteiger partial charge in [-0.2, -0.15) is 0 Å². The Bertz CT molecular complexity index is 1220. The maximum Gasteiger partial charge on any atom is 0.272 e. The standard InChI is InChI=1S/C26H37ClN6O3S/c1-18-15-20(6-7-23(18)27)8-11-28-25-19(2)24(29-17-30-25)26(34)32-13-9-22(10-14-32)33-12-4-5-21(16-33)31-37(3,35)36/h6-7,15,17,21-22,31H,4-5,8-14,16H2,1-3H3,(H,28,29,30)/t21-/m0/s1. The smallest absolute Gasteiger partial charge is 0.272 e. The Morgan fingerprint density at radius 2 is 1.89 bits per heavy atom. The number of nitrogens with zero attached hydrogens (tertiary/aromatic N) is 4. The van der Waals surface area contributed by atoms with Gasteiger partial charge in [-0.25, -0.2) is 23.1 Å². The number of aromatic nitrogens is 2. The number of carbonyl (C=O) groups is 1. The van der Waals surface area contributed by atoms with Crippen molar-refractivity contribution in [2.24, 2.45) is 0 Å². The third-order valence-corrected chi connectivity index (χ3v) is 8.50. The van der Waals surface area contributed by atoms with Crippen molar-refractivity contribution in [3.05, 3.63) is 51.9 Å². The number of rotatable bonds is 8. The van der Waals surface area contributed by atoms with Crippen molar-refractivity contribution in [2.75, 3.05) is 44.3 Å². The van der Waals surface area contributed by atoms with Crippen LogP contribution < -0.4 is 10.0 Å². The third kappa shape index (κ3) is 7.40. The lowest BCUT2D eigenvalue weighted by molar-refractivity contribution is 0.0561. The van der Waals surface area contributed by atoms with Crippen LogP contribution in [0.4, 0.5) is 5.82 Å². The number of piperidine rings is 2. The third-order valence-electron chi connectivity index (χ3n) is 7.32. The molecular formula is C26H37ClN6O3S. The summed E-state index contributed by atoms with van der Waals surface area (Å²) >= 11 is 6.12. The molecule has 2 aliphatic rings. The maximum absolute atomic E-state index is 13.3. The summed E-state index contributed by atoms with van der Waals surface area (Å²) in [6.45, 7) is 7.57. The zero-order valence-electron chi connectivity index (χ0n) is 21.8. The first kappa shape index (κ1) is 27.8. The number of anilines is 1. The van der Waals surface area contributed by atoms with Gasteiger partial charge in [0, 0.05) is 48.8 Å². The first-order valence-corrected chi connectivity index (χ1v) is 15.2. The monoisotopic (exact) mass is 548 g/mol. The number of carbonyl (C=O) groups excluding carboxylic acids is 1. The van der Waals surface area contributed by atoms with E-state index in [4.69, 9.17) is 11.6 Å². The Balaban J connectivity index is 1.31. The van der Waals surface area contributed by atoms with Crippen molar-refractivity contribution in [3.8, 4) is 0 Å². The van der Waals surface area contributed by atoms with Gasteiger partial charge in [0.2, 0.25) is 10.0 Å². The number of aryl methyl sites for hydroxylation is 1. The topological polar surface area (TPSA) is 108 Å². The molecule has 2 aliphatic heterocycles. The summed E-state index contributed by atoms with van der Waals surface area (Å²) < 4.78 is 26.0. The van der Waals surface area contributed by atoms with E-state index in [0.717, 1.165) is 61.3 Å². The lowest BCUT2D eigenvalue weighted by Crippen LogP contribution is -2.53. The molecule has 2 aromatic rings. The Kier molecular flexibility index (Phi) is 9.05. The van der Waals surface area contributed by atoms with Crippen LogP contribution in [0.1, 0.15) is 52.9 Å². The van der Waals surface area contributed by atoms with Gasteiger partial charge >= 0.3 is 0 Å². The largest absolute Gasteiger partial charge is 0.369 e. The summed E-state index contributed by atoms with van der Waals surface area (Å²) in [4.78, 5) is 26.3. The van der Waals surface area contributed by atoms with Gasteiger partial charge < -0.3 is 10.2 Å². The first-order chi connectivity index (χ1) is 17.6. The van der Waals surface area contributed by atoms with Gasteiger partial charge in [0.25, 0.3) is 5.91 Å². The van der Waals surface area contributed by atoms with Crippen molar-refractivity contribution < 1.29 is 13.2 Å². The fourth-order valence-electron chi connectivity index (χ4n) is 5.35. The Hall–Kier alpha value is -2.27. The van der Waals surface area contributed by atoms with Crippen molar-refractivity contribution in [1.29, 1.82) is 0 Å². The average Bonchev–Trinajstić information content (AvgIpc) is 2.86. The molecule has 4 rings (SSSR count). The van der Waals surface area contributed by atoms with Crippen LogP contribution in [0.3, 0.4) is 0 Å². The van der Waals surface area contributed by atoms with Crippen LogP contribution in [0.25, 0.3) is 0 Å². The van der Waals surface area contributed by atoms with Crippen LogP contribution >= 0.6 is 11.6 Å². The van der Waals surface area contributed by atoms with E-state index in [-0.39, 0.29) is 11.9 Å². The van der Waals surface area contributed by atoms with E-state index in [1.54, 1.807) is 0 Å². The van der Waals surface area contributed by atoms with Gasteiger partial charge in [0.1, 0.15) is 17.8 Å². The van der Waals surface area contributed by atoms with Gasteiger partial charge in [0.15, 0.2) is 0 Å². The summed E-state index contributed by atoms with van der Waals surface area (Å²) in [5, 5.41) is 4.12. The zero-order chi connectivity index (χ0) is 26.6. The van der Waals surface area contributed by atoms with Gasteiger partial charge in [-0.1, -0.05) is 23.7 Å². The zero-order valence-corrected chi connectivity index (χ0v) is 23.4. The number of likely N-dealkylation sites (tertiary alicyclic amines) is 2. The highest BCUT2D eigenvalue weighted by molar-refractivity contribution is 7.88. The first-order valence-electron chi connectivity index (χ1n) is 12.9. The normalized spacial score (nSPS) is 19.7. The number of amides is 1. The van der Waals surface area contributed by atoms with Crippen LogP contribution in [0.2, 0.25) is 5.02 Å². The van der Waals surface area contributed by atoms with E-state index in [9.17, 15) is 13.2 Å². The van der Waals surface area contributed by atoms with Gasteiger partial charge in [-0.05, 0) is 69.7 Å². The molecule has 9 nitrogen and oxygen atoms in total. The van der Waals surface area contributed by atoms with E-state index in [1.165, 1.54) is 18.1 Å². The molecule has 0 aliphatic carbocycles. The lowest BCUT2D eigenvalue weighted by atomic mass is 9.98. The maximum atomic E-state index is 13.3. The second kappa shape index (κ2) is 12.1. The van der Waals surface area contributed by atoms with E-state index in [0.29, 0.717) is 37.2 Å². The number of hydrogen-bond acceptors (Lipinski definition) is 7. The lowest BCUT2D eigenvalue weighted by Gasteiger charge is -2.42. The molecule has 1 amide bonds. The minimum atomic E-state index is -3.21. The predicted molar refractivity (Wildman–Crippen MR) is 147 cm³/mol.